The minimum atomic E-state index is -3.29. The Bertz CT molecular complexity index is 969. The Labute approximate surface area is 164 Å². The number of nitrogens with one attached hydrogen (secondary N) is 1. The van der Waals surface area contributed by atoms with Crippen LogP contribution >= 0.6 is 0 Å². The zero-order valence-electron chi connectivity index (χ0n) is 15.7. The highest BCUT2D eigenvalue weighted by Crippen LogP contribution is 2.27. The monoisotopic (exact) mass is 402 g/mol. The first-order chi connectivity index (χ1) is 13.3. The number of hydrogen-bond acceptors (Lipinski definition) is 5. The Kier molecular flexibility index (Phi) is 5.69. The summed E-state index contributed by atoms with van der Waals surface area (Å²) in [6.07, 6.45) is 1.25. The van der Waals surface area contributed by atoms with Gasteiger partial charge in [-0.25, -0.2) is 8.42 Å². The van der Waals surface area contributed by atoms with E-state index in [4.69, 9.17) is 4.74 Å². The van der Waals surface area contributed by atoms with Crippen LogP contribution in [-0.2, 0) is 19.4 Å². The molecule has 0 spiro atoms. The van der Waals surface area contributed by atoms with Gasteiger partial charge in [-0.05, 0) is 55.5 Å². The number of rotatable bonds is 6. The molecule has 0 aliphatic carbocycles. The molecule has 1 aliphatic rings. The van der Waals surface area contributed by atoms with Crippen molar-refractivity contribution in [2.24, 2.45) is 5.92 Å². The standard InChI is InChI=1S/C20H22N2O5S/c1-3-27-17-8-6-16(7-9-17)22-13-14(12-19(22)23)20(24)21-15-4-10-18(11-5-15)28(2,25)26/h4-11,14H,3,12-13H2,1-2H3,(H,21,24)/t14-/m1/s1. The highest BCUT2D eigenvalue weighted by atomic mass is 32.2. The molecule has 0 saturated carbocycles. The van der Waals surface area contributed by atoms with Crippen molar-refractivity contribution in [3.8, 4) is 5.75 Å². The van der Waals surface area contributed by atoms with Crippen molar-refractivity contribution in [1.82, 2.24) is 0 Å². The molecule has 0 radical (unpaired) electrons. The van der Waals surface area contributed by atoms with Gasteiger partial charge in [0.2, 0.25) is 11.8 Å². The van der Waals surface area contributed by atoms with E-state index in [1.165, 1.54) is 24.3 Å². The molecule has 1 saturated heterocycles. The zero-order valence-corrected chi connectivity index (χ0v) is 16.5. The SMILES string of the molecule is CCOc1ccc(N2C[C@H](C(=O)Nc3ccc(S(C)(=O)=O)cc3)CC2=O)cc1. The third-order valence-corrected chi connectivity index (χ3v) is 5.63. The summed E-state index contributed by atoms with van der Waals surface area (Å²) in [5, 5.41) is 2.75. The summed E-state index contributed by atoms with van der Waals surface area (Å²) in [7, 11) is -3.29. The Morgan fingerprint density at radius 1 is 1.14 bits per heavy atom. The molecule has 28 heavy (non-hydrogen) atoms. The third-order valence-electron chi connectivity index (χ3n) is 4.51. The maximum Gasteiger partial charge on any atom is 0.229 e. The van der Waals surface area contributed by atoms with Crippen LogP contribution in [-0.4, -0.2) is 39.6 Å². The predicted molar refractivity (Wildman–Crippen MR) is 106 cm³/mol. The van der Waals surface area contributed by atoms with E-state index in [0.717, 1.165) is 17.7 Å². The second kappa shape index (κ2) is 8.02. The fourth-order valence-corrected chi connectivity index (χ4v) is 3.68. The summed E-state index contributed by atoms with van der Waals surface area (Å²) in [5.74, 6) is -0.135. The number of anilines is 2. The topological polar surface area (TPSA) is 92.8 Å². The maximum absolute atomic E-state index is 12.5. The number of carbonyl (C=O) groups excluding carboxylic acids is 2. The first kappa shape index (κ1) is 19.9. The third kappa shape index (κ3) is 4.51. The molecule has 1 fully saturated rings. The van der Waals surface area contributed by atoms with Gasteiger partial charge in [-0.15, -0.1) is 0 Å². The number of nitrogens with zero attached hydrogens (tertiary/aromatic N) is 1. The van der Waals surface area contributed by atoms with Crippen molar-refractivity contribution in [3.63, 3.8) is 0 Å². The van der Waals surface area contributed by atoms with Gasteiger partial charge in [0, 0.05) is 30.6 Å². The van der Waals surface area contributed by atoms with E-state index in [9.17, 15) is 18.0 Å². The van der Waals surface area contributed by atoms with Crippen LogP contribution in [0.2, 0.25) is 0 Å². The largest absolute Gasteiger partial charge is 0.494 e. The average molecular weight is 402 g/mol. The summed E-state index contributed by atoms with van der Waals surface area (Å²) < 4.78 is 28.4. The normalized spacial score (nSPS) is 16.9. The number of ether oxygens (including phenoxy) is 1. The Morgan fingerprint density at radius 2 is 1.79 bits per heavy atom. The molecular formula is C20H22N2O5S. The predicted octanol–water partition coefficient (Wildman–Crippen LogP) is 2.48. The molecule has 1 atom stereocenters. The number of carbonyl (C=O) groups is 2. The quantitative estimate of drug-likeness (QED) is 0.801. The van der Waals surface area contributed by atoms with Gasteiger partial charge in [-0.1, -0.05) is 0 Å². The first-order valence-corrected chi connectivity index (χ1v) is 10.8. The summed E-state index contributed by atoms with van der Waals surface area (Å²) >= 11 is 0. The summed E-state index contributed by atoms with van der Waals surface area (Å²) in [4.78, 5) is 26.7. The van der Waals surface area contributed by atoms with Crippen LogP contribution in [0.4, 0.5) is 11.4 Å². The molecule has 0 bridgehead atoms. The van der Waals surface area contributed by atoms with Crippen molar-refractivity contribution in [1.29, 1.82) is 0 Å². The van der Waals surface area contributed by atoms with Gasteiger partial charge >= 0.3 is 0 Å². The van der Waals surface area contributed by atoms with E-state index in [1.54, 1.807) is 29.2 Å². The van der Waals surface area contributed by atoms with Gasteiger partial charge in [-0.2, -0.15) is 0 Å². The van der Waals surface area contributed by atoms with E-state index >= 15 is 0 Å². The van der Waals surface area contributed by atoms with E-state index in [-0.39, 0.29) is 23.1 Å². The van der Waals surface area contributed by atoms with Crippen LogP contribution in [0.15, 0.2) is 53.4 Å². The van der Waals surface area contributed by atoms with Gasteiger partial charge < -0.3 is 15.0 Å². The van der Waals surface area contributed by atoms with Gasteiger partial charge in [0.1, 0.15) is 5.75 Å². The Hall–Kier alpha value is -2.87. The van der Waals surface area contributed by atoms with Crippen molar-refractivity contribution >= 4 is 33.0 Å². The lowest BCUT2D eigenvalue weighted by molar-refractivity contribution is -0.122. The molecule has 148 valence electrons. The summed E-state index contributed by atoms with van der Waals surface area (Å²) in [5.41, 5.74) is 1.21. The van der Waals surface area contributed by atoms with Crippen LogP contribution < -0.4 is 15.0 Å². The van der Waals surface area contributed by atoms with E-state index in [0.29, 0.717) is 18.8 Å². The van der Waals surface area contributed by atoms with Crippen molar-refractivity contribution in [3.05, 3.63) is 48.5 Å². The lowest BCUT2D eigenvalue weighted by atomic mass is 10.1. The van der Waals surface area contributed by atoms with Gasteiger partial charge in [0.25, 0.3) is 0 Å². The lowest BCUT2D eigenvalue weighted by Gasteiger charge is -2.17. The van der Waals surface area contributed by atoms with Crippen LogP contribution in [0.1, 0.15) is 13.3 Å². The molecule has 2 amide bonds. The van der Waals surface area contributed by atoms with Crippen molar-refractivity contribution in [2.75, 3.05) is 29.6 Å². The molecule has 1 N–H and O–H groups in total. The molecular weight excluding hydrogens is 380 g/mol. The average Bonchev–Trinajstić information content (AvgIpc) is 3.04. The van der Waals surface area contributed by atoms with E-state index < -0.39 is 15.8 Å². The highest BCUT2D eigenvalue weighted by molar-refractivity contribution is 7.90. The lowest BCUT2D eigenvalue weighted by Crippen LogP contribution is -2.28. The molecule has 1 heterocycles. The molecule has 2 aromatic rings. The zero-order chi connectivity index (χ0) is 20.3. The van der Waals surface area contributed by atoms with Gasteiger partial charge in [0.15, 0.2) is 9.84 Å². The second-order valence-corrected chi connectivity index (χ2v) is 8.63. The molecule has 8 heteroatoms. The Balaban J connectivity index is 1.65. The van der Waals surface area contributed by atoms with Crippen LogP contribution in [0.3, 0.4) is 0 Å². The van der Waals surface area contributed by atoms with E-state index in [2.05, 4.69) is 5.32 Å². The highest BCUT2D eigenvalue weighted by Gasteiger charge is 2.35. The number of benzene rings is 2. The minimum absolute atomic E-state index is 0.114. The smallest absolute Gasteiger partial charge is 0.229 e. The molecule has 7 nitrogen and oxygen atoms in total. The van der Waals surface area contributed by atoms with Crippen LogP contribution in [0.25, 0.3) is 0 Å². The fraction of sp³-hybridized carbons (Fsp3) is 0.300. The minimum Gasteiger partial charge on any atom is -0.494 e. The number of sulfone groups is 1. The van der Waals surface area contributed by atoms with Gasteiger partial charge in [-0.3, -0.25) is 9.59 Å². The van der Waals surface area contributed by atoms with Crippen molar-refractivity contribution < 1.29 is 22.7 Å². The second-order valence-electron chi connectivity index (χ2n) is 6.62. The molecule has 3 rings (SSSR count). The van der Waals surface area contributed by atoms with E-state index in [1.807, 2.05) is 6.92 Å². The maximum atomic E-state index is 12.5. The Morgan fingerprint density at radius 3 is 2.36 bits per heavy atom. The van der Waals surface area contributed by atoms with Crippen molar-refractivity contribution in [2.45, 2.75) is 18.2 Å². The molecule has 2 aromatic carbocycles. The molecule has 0 unspecified atom stereocenters. The number of hydrogen-bond donors (Lipinski definition) is 1. The van der Waals surface area contributed by atoms with Crippen LogP contribution in [0.5, 0.6) is 5.75 Å². The fourth-order valence-electron chi connectivity index (χ4n) is 3.05. The first-order valence-electron chi connectivity index (χ1n) is 8.92. The number of amides is 2. The molecule has 1 aliphatic heterocycles. The summed E-state index contributed by atoms with van der Waals surface area (Å²) in [6, 6.07) is 13.1. The molecule has 0 aromatic heterocycles. The van der Waals surface area contributed by atoms with Gasteiger partial charge in [0.05, 0.1) is 17.4 Å². The van der Waals surface area contributed by atoms with Crippen LogP contribution in [0, 0.1) is 5.92 Å². The summed E-state index contributed by atoms with van der Waals surface area (Å²) in [6.45, 7) is 2.76.